The van der Waals surface area contributed by atoms with E-state index in [4.69, 9.17) is 10.8 Å². The maximum atomic E-state index is 10.7. The molecule has 0 fully saturated rings. The molecule has 5 nitrogen and oxygen atoms in total. The third kappa shape index (κ3) is 2.54. The molecule has 1 aromatic heterocycles. The number of nitrogens with one attached hydrogen (secondary N) is 1. The first-order valence-corrected chi connectivity index (χ1v) is 5.66. The largest absolute Gasteiger partial charge is 0.480 e. The third-order valence-electron chi connectivity index (χ3n) is 2.29. The Labute approximate surface area is 106 Å². The minimum absolute atomic E-state index is 0.243. The number of aromatic nitrogens is 2. The molecule has 17 heavy (non-hydrogen) atoms. The van der Waals surface area contributed by atoms with Gasteiger partial charge in [0.1, 0.15) is 5.82 Å². The van der Waals surface area contributed by atoms with Crippen LogP contribution in [0.15, 0.2) is 34.9 Å². The average molecular weight is 296 g/mol. The van der Waals surface area contributed by atoms with Gasteiger partial charge in [-0.3, -0.25) is 4.79 Å². The number of halogens is 1. The van der Waals surface area contributed by atoms with Gasteiger partial charge in [-0.2, -0.15) is 0 Å². The molecule has 0 saturated heterocycles. The lowest BCUT2D eigenvalue weighted by Gasteiger charge is -2.01. The van der Waals surface area contributed by atoms with Crippen molar-refractivity contribution in [2.75, 3.05) is 0 Å². The number of carboxylic acid groups (broad SMARTS) is 1. The molecule has 0 radical (unpaired) electrons. The van der Waals surface area contributed by atoms with E-state index in [2.05, 4.69) is 25.9 Å². The second-order valence-corrected chi connectivity index (χ2v) is 4.42. The van der Waals surface area contributed by atoms with Crippen LogP contribution in [-0.4, -0.2) is 21.0 Å². The maximum absolute atomic E-state index is 10.7. The van der Waals surface area contributed by atoms with Gasteiger partial charge in [-0.25, -0.2) is 4.98 Å². The molecule has 0 aliphatic carbocycles. The van der Waals surface area contributed by atoms with Crippen molar-refractivity contribution in [3.63, 3.8) is 0 Å². The van der Waals surface area contributed by atoms with E-state index in [1.165, 1.54) is 0 Å². The van der Waals surface area contributed by atoms with Crippen molar-refractivity contribution < 1.29 is 9.90 Å². The van der Waals surface area contributed by atoms with E-state index in [0.29, 0.717) is 0 Å². The van der Waals surface area contributed by atoms with E-state index >= 15 is 0 Å². The molecule has 0 bridgehead atoms. The van der Waals surface area contributed by atoms with Crippen LogP contribution in [0.5, 0.6) is 0 Å². The van der Waals surface area contributed by atoms with Gasteiger partial charge < -0.3 is 15.8 Å². The van der Waals surface area contributed by atoms with Crippen LogP contribution in [0.3, 0.4) is 0 Å². The summed E-state index contributed by atoms with van der Waals surface area (Å²) in [7, 11) is 0. The molecule has 6 heteroatoms. The van der Waals surface area contributed by atoms with E-state index in [1.54, 1.807) is 6.20 Å². The molecule has 2 aromatic rings. The van der Waals surface area contributed by atoms with Crippen LogP contribution < -0.4 is 5.73 Å². The number of carbonyl (C=O) groups is 1. The fourth-order valence-corrected chi connectivity index (χ4v) is 1.81. The second-order valence-electron chi connectivity index (χ2n) is 3.51. The lowest BCUT2D eigenvalue weighted by molar-refractivity contribution is -0.138. The first-order valence-electron chi connectivity index (χ1n) is 4.87. The molecule has 0 aliphatic rings. The molecule has 88 valence electrons. The Kier molecular flexibility index (Phi) is 3.26. The van der Waals surface area contributed by atoms with E-state index < -0.39 is 12.0 Å². The fourth-order valence-electron chi connectivity index (χ4n) is 1.41. The average Bonchev–Trinajstić information content (AvgIpc) is 2.77. The molecule has 0 spiro atoms. The van der Waals surface area contributed by atoms with E-state index in [0.717, 1.165) is 15.7 Å². The van der Waals surface area contributed by atoms with Gasteiger partial charge >= 0.3 is 5.97 Å². The van der Waals surface area contributed by atoms with Crippen LogP contribution in [0.1, 0.15) is 11.9 Å². The molecule has 2 rings (SSSR count). The first-order chi connectivity index (χ1) is 8.08. The standard InChI is InChI=1S/C11H10BrN3O2/c12-7-3-1-2-6(4-7)8-5-14-10(15-8)9(13)11(16)17/h1-5,9H,13H2,(H,14,15)(H,16,17). The van der Waals surface area contributed by atoms with Crippen LogP contribution >= 0.6 is 15.9 Å². The summed E-state index contributed by atoms with van der Waals surface area (Å²) in [6.07, 6.45) is 1.57. The smallest absolute Gasteiger partial charge is 0.328 e. The van der Waals surface area contributed by atoms with Crippen molar-refractivity contribution in [2.45, 2.75) is 6.04 Å². The number of rotatable bonds is 3. The molecule has 1 aromatic carbocycles. The molecule has 0 saturated carbocycles. The van der Waals surface area contributed by atoms with E-state index in [1.807, 2.05) is 24.3 Å². The number of aliphatic carboxylic acids is 1. The third-order valence-corrected chi connectivity index (χ3v) is 2.78. The molecule has 0 aliphatic heterocycles. The van der Waals surface area contributed by atoms with E-state index in [-0.39, 0.29) is 5.82 Å². The Morgan fingerprint density at radius 2 is 2.29 bits per heavy atom. The van der Waals surface area contributed by atoms with Gasteiger partial charge in [0.25, 0.3) is 0 Å². The fraction of sp³-hybridized carbons (Fsp3) is 0.0909. The zero-order valence-corrected chi connectivity index (χ0v) is 10.3. The highest BCUT2D eigenvalue weighted by atomic mass is 79.9. The van der Waals surface area contributed by atoms with Crippen LogP contribution in [0.2, 0.25) is 0 Å². The summed E-state index contributed by atoms with van der Waals surface area (Å²) in [5.74, 6) is -0.868. The summed E-state index contributed by atoms with van der Waals surface area (Å²) < 4.78 is 0.939. The Balaban J connectivity index is 2.33. The first kappa shape index (κ1) is 11.8. The summed E-state index contributed by atoms with van der Waals surface area (Å²) in [5, 5.41) is 8.77. The number of imidazole rings is 1. The number of hydrogen-bond donors (Lipinski definition) is 3. The molecular formula is C11H10BrN3O2. The monoisotopic (exact) mass is 295 g/mol. The second kappa shape index (κ2) is 4.68. The summed E-state index contributed by atoms with van der Waals surface area (Å²) in [5.41, 5.74) is 7.10. The van der Waals surface area contributed by atoms with Gasteiger partial charge in [0.2, 0.25) is 0 Å². The molecule has 1 atom stereocenters. The molecule has 1 unspecified atom stereocenters. The van der Waals surface area contributed by atoms with Crippen LogP contribution in [0.25, 0.3) is 11.3 Å². The Morgan fingerprint density at radius 1 is 1.53 bits per heavy atom. The van der Waals surface area contributed by atoms with Crippen molar-refractivity contribution in [3.8, 4) is 11.3 Å². The number of nitrogens with two attached hydrogens (primary N) is 1. The Bertz CT molecular complexity index is 553. The number of hydrogen-bond acceptors (Lipinski definition) is 3. The van der Waals surface area contributed by atoms with Crippen molar-refractivity contribution in [1.82, 2.24) is 9.97 Å². The number of benzene rings is 1. The van der Waals surface area contributed by atoms with Gasteiger partial charge in [-0.15, -0.1) is 0 Å². The van der Waals surface area contributed by atoms with Gasteiger partial charge in [0.05, 0.1) is 11.9 Å². The van der Waals surface area contributed by atoms with Crippen LogP contribution in [0.4, 0.5) is 0 Å². The van der Waals surface area contributed by atoms with Gasteiger partial charge in [-0.05, 0) is 12.1 Å². The SMILES string of the molecule is NC(C(=O)O)c1ncc(-c2cccc(Br)c2)[nH]1. The summed E-state index contributed by atoms with van der Waals surface area (Å²) in [6.45, 7) is 0. The molecule has 4 N–H and O–H groups in total. The normalized spacial score (nSPS) is 12.4. The highest BCUT2D eigenvalue weighted by Crippen LogP contribution is 2.22. The quantitative estimate of drug-likeness (QED) is 0.807. The van der Waals surface area contributed by atoms with E-state index in [9.17, 15) is 4.79 Å². The van der Waals surface area contributed by atoms with Crippen LogP contribution in [-0.2, 0) is 4.79 Å². The molecule has 1 heterocycles. The number of H-pyrrole nitrogens is 1. The van der Waals surface area contributed by atoms with Crippen molar-refractivity contribution >= 4 is 21.9 Å². The number of carboxylic acids is 1. The predicted octanol–water partition coefficient (Wildman–Crippen LogP) is 1.92. The highest BCUT2D eigenvalue weighted by molar-refractivity contribution is 9.10. The predicted molar refractivity (Wildman–Crippen MR) is 66.3 cm³/mol. The Hall–Kier alpha value is -1.66. The number of aromatic amines is 1. The van der Waals surface area contributed by atoms with Crippen molar-refractivity contribution in [3.05, 3.63) is 40.8 Å². The zero-order valence-electron chi connectivity index (χ0n) is 8.72. The maximum Gasteiger partial charge on any atom is 0.328 e. The lowest BCUT2D eigenvalue weighted by Crippen LogP contribution is -2.21. The van der Waals surface area contributed by atoms with Gasteiger partial charge in [0.15, 0.2) is 6.04 Å². The highest BCUT2D eigenvalue weighted by Gasteiger charge is 2.17. The van der Waals surface area contributed by atoms with Gasteiger partial charge in [0, 0.05) is 10.0 Å². The number of nitrogens with zero attached hydrogens (tertiary/aromatic N) is 1. The summed E-state index contributed by atoms with van der Waals surface area (Å²) >= 11 is 3.37. The van der Waals surface area contributed by atoms with Crippen LogP contribution in [0, 0.1) is 0 Å². The minimum Gasteiger partial charge on any atom is -0.480 e. The summed E-state index contributed by atoms with van der Waals surface area (Å²) in [6, 6.07) is 6.47. The topological polar surface area (TPSA) is 92.0 Å². The zero-order chi connectivity index (χ0) is 12.4. The van der Waals surface area contributed by atoms with Crippen molar-refractivity contribution in [1.29, 1.82) is 0 Å². The molecule has 0 amide bonds. The summed E-state index contributed by atoms with van der Waals surface area (Å²) in [4.78, 5) is 17.6. The minimum atomic E-state index is -1.13. The molecular weight excluding hydrogens is 286 g/mol. The Morgan fingerprint density at radius 3 is 2.94 bits per heavy atom. The lowest BCUT2D eigenvalue weighted by atomic mass is 10.2. The van der Waals surface area contributed by atoms with Crippen molar-refractivity contribution in [2.24, 2.45) is 5.73 Å². The van der Waals surface area contributed by atoms with Gasteiger partial charge in [-0.1, -0.05) is 28.1 Å².